The van der Waals surface area contributed by atoms with Crippen molar-refractivity contribution in [3.8, 4) is 0 Å². The van der Waals surface area contributed by atoms with Crippen LogP contribution in [0.15, 0.2) is 23.5 Å². The van der Waals surface area contributed by atoms with Crippen LogP contribution >= 0.6 is 24.0 Å². The molecule has 120 valence electrons. The molecule has 0 aromatic carbocycles. The van der Waals surface area contributed by atoms with Gasteiger partial charge in [0.1, 0.15) is 0 Å². The fourth-order valence-corrected chi connectivity index (χ4v) is 3.22. The molecule has 0 radical (unpaired) electrons. The summed E-state index contributed by atoms with van der Waals surface area (Å²) in [7, 11) is 0. The van der Waals surface area contributed by atoms with Gasteiger partial charge in [-0.05, 0) is 37.2 Å². The molecule has 0 bridgehead atoms. The number of hydrogen-bond acceptors (Lipinski definition) is 4. The van der Waals surface area contributed by atoms with Crippen molar-refractivity contribution in [3.05, 3.63) is 18.5 Å². The zero-order valence-corrected chi connectivity index (χ0v) is 15.0. The number of nitrogens with two attached hydrogens (primary N) is 1. The molecule has 1 saturated heterocycles. The van der Waals surface area contributed by atoms with E-state index in [1.54, 1.807) is 12.4 Å². The van der Waals surface area contributed by atoms with Crippen LogP contribution in [0.5, 0.6) is 0 Å². The highest BCUT2D eigenvalue weighted by atomic mass is 127. The van der Waals surface area contributed by atoms with Gasteiger partial charge in [0.05, 0.1) is 6.04 Å². The van der Waals surface area contributed by atoms with Gasteiger partial charge in [-0.25, -0.2) is 15.0 Å². The molecule has 0 spiro atoms. The monoisotopic (exact) mass is 414 g/mol. The van der Waals surface area contributed by atoms with Gasteiger partial charge in [-0.1, -0.05) is 0 Å². The van der Waals surface area contributed by atoms with Crippen LogP contribution in [0.4, 0.5) is 5.95 Å². The lowest BCUT2D eigenvalue weighted by molar-refractivity contribution is 0.377. The standard InChI is InChI=1S/C15H22N6.HI/c16-14(19-13-10-12(13)11-2-3-11)20-6-8-21(9-7-20)15-17-4-1-5-18-15;/h1,4-5,11-13H,2-3,6-10H2,(H2,16,19);1H/t12-,13+;/m0./s1. The van der Waals surface area contributed by atoms with E-state index in [1.807, 2.05) is 6.07 Å². The first kappa shape index (κ1) is 15.8. The third kappa shape index (κ3) is 3.44. The van der Waals surface area contributed by atoms with Gasteiger partial charge >= 0.3 is 0 Å². The third-order valence-electron chi connectivity index (χ3n) is 4.77. The number of guanidine groups is 1. The van der Waals surface area contributed by atoms with Gasteiger partial charge in [0.15, 0.2) is 5.96 Å². The lowest BCUT2D eigenvalue weighted by Crippen LogP contribution is -2.51. The Morgan fingerprint density at radius 3 is 2.45 bits per heavy atom. The Balaban J connectivity index is 0.00000144. The van der Waals surface area contributed by atoms with E-state index in [0.717, 1.165) is 49.9 Å². The zero-order valence-electron chi connectivity index (χ0n) is 12.6. The lowest BCUT2D eigenvalue weighted by Gasteiger charge is -2.35. The molecule has 1 aliphatic heterocycles. The summed E-state index contributed by atoms with van der Waals surface area (Å²) in [5.41, 5.74) is 6.18. The minimum atomic E-state index is 0. The van der Waals surface area contributed by atoms with Crippen molar-refractivity contribution >= 4 is 35.9 Å². The molecule has 0 unspecified atom stereocenters. The van der Waals surface area contributed by atoms with Gasteiger partial charge < -0.3 is 15.5 Å². The summed E-state index contributed by atoms with van der Waals surface area (Å²) >= 11 is 0. The summed E-state index contributed by atoms with van der Waals surface area (Å²) in [5.74, 6) is 3.33. The molecular weight excluding hydrogens is 391 g/mol. The number of halogens is 1. The average molecular weight is 414 g/mol. The summed E-state index contributed by atoms with van der Waals surface area (Å²) in [5, 5.41) is 0. The van der Waals surface area contributed by atoms with Crippen molar-refractivity contribution in [2.24, 2.45) is 22.6 Å². The highest BCUT2D eigenvalue weighted by Crippen LogP contribution is 2.51. The molecule has 1 aromatic heterocycles. The first-order valence-electron chi connectivity index (χ1n) is 7.91. The zero-order chi connectivity index (χ0) is 14.2. The smallest absolute Gasteiger partial charge is 0.225 e. The molecule has 1 aromatic rings. The van der Waals surface area contributed by atoms with E-state index in [4.69, 9.17) is 10.7 Å². The van der Waals surface area contributed by atoms with Crippen LogP contribution in [0.3, 0.4) is 0 Å². The van der Waals surface area contributed by atoms with Crippen molar-refractivity contribution in [2.45, 2.75) is 25.3 Å². The molecule has 3 fully saturated rings. The summed E-state index contributed by atoms with van der Waals surface area (Å²) in [6.45, 7) is 3.59. The van der Waals surface area contributed by atoms with Gasteiger partial charge in [-0.15, -0.1) is 24.0 Å². The molecule has 2 atom stereocenters. The van der Waals surface area contributed by atoms with Crippen LogP contribution in [0.25, 0.3) is 0 Å². The highest BCUT2D eigenvalue weighted by molar-refractivity contribution is 14.0. The van der Waals surface area contributed by atoms with Gasteiger partial charge in [-0.3, -0.25) is 0 Å². The minimum absolute atomic E-state index is 0. The molecule has 4 rings (SSSR count). The van der Waals surface area contributed by atoms with Crippen molar-refractivity contribution in [3.63, 3.8) is 0 Å². The first-order chi connectivity index (χ1) is 10.3. The molecule has 0 amide bonds. The largest absolute Gasteiger partial charge is 0.370 e. The number of anilines is 1. The van der Waals surface area contributed by atoms with Crippen LogP contribution in [0.2, 0.25) is 0 Å². The highest BCUT2D eigenvalue weighted by Gasteiger charge is 2.47. The molecule has 2 aliphatic carbocycles. The number of aliphatic imine (C=N–C) groups is 1. The number of nitrogens with zero attached hydrogens (tertiary/aromatic N) is 5. The second kappa shape index (κ2) is 6.55. The Hall–Kier alpha value is -1.12. The molecule has 6 nitrogen and oxygen atoms in total. The first-order valence-corrected chi connectivity index (χ1v) is 7.91. The van der Waals surface area contributed by atoms with Gasteiger partial charge in [0.2, 0.25) is 5.95 Å². The predicted molar refractivity (Wildman–Crippen MR) is 97.5 cm³/mol. The summed E-state index contributed by atoms with van der Waals surface area (Å²) in [6, 6.07) is 2.35. The fourth-order valence-electron chi connectivity index (χ4n) is 3.22. The van der Waals surface area contributed by atoms with E-state index in [1.165, 1.54) is 19.3 Å². The summed E-state index contributed by atoms with van der Waals surface area (Å²) in [4.78, 5) is 17.7. The van der Waals surface area contributed by atoms with E-state index in [9.17, 15) is 0 Å². The lowest BCUT2D eigenvalue weighted by atomic mass is 10.3. The number of rotatable bonds is 3. The number of aromatic nitrogens is 2. The van der Waals surface area contributed by atoms with Crippen molar-refractivity contribution in [2.75, 3.05) is 31.1 Å². The maximum atomic E-state index is 6.18. The Labute approximate surface area is 148 Å². The van der Waals surface area contributed by atoms with Crippen LogP contribution in [-0.2, 0) is 0 Å². The van der Waals surface area contributed by atoms with Crippen LogP contribution in [-0.4, -0.2) is 53.0 Å². The Morgan fingerprint density at radius 1 is 1.14 bits per heavy atom. The topological polar surface area (TPSA) is 70.6 Å². The predicted octanol–water partition coefficient (Wildman–Crippen LogP) is 1.33. The van der Waals surface area contributed by atoms with Gasteiger partial charge in [0, 0.05) is 38.6 Å². The van der Waals surface area contributed by atoms with E-state index in [0.29, 0.717) is 6.04 Å². The van der Waals surface area contributed by atoms with E-state index < -0.39 is 0 Å². The van der Waals surface area contributed by atoms with Crippen LogP contribution in [0, 0.1) is 11.8 Å². The van der Waals surface area contributed by atoms with E-state index in [-0.39, 0.29) is 24.0 Å². The molecule has 7 heteroatoms. The quantitative estimate of drug-likeness (QED) is 0.459. The third-order valence-corrected chi connectivity index (χ3v) is 4.77. The molecule has 2 saturated carbocycles. The van der Waals surface area contributed by atoms with Crippen LogP contribution in [0.1, 0.15) is 19.3 Å². The molecule has 2 N–H and O–H groups in total. The van der Waals surface area contributed by atoms with Crippen molar-refractivity contribution in [1.29, 1.82) is 0 Å². The maximum absolute atomic E-state index is 6.18. The molecule has 22 heavy (non-hydrogen) atoms. The van der Waals surface area contributed by atoms with E-state index in [2.05, 4.69) is 19.8 Å². The Kier molecular flexibility index (Phi) is 4.70. The molecular formula is C15H23IN6. The summed E-state index contributed by atoms with van der Waals surface area (Å²) < 4.78 is 0. The fraction of sp³-hybridized carbons (Fsp3) is 0.667. The minimum Gasteiger partial charge on any atom is -0.370 e. The number of hydrogen-bond donors (Lipinski definition) is 1. The summed E-state index contributed by atoms with van der Waals surface area (Å²) in [6.07, 6.45) is 7.65. The Morgan fingerprint density at radius 2 is 1.82 bits per heavy atom. The Bertz CT molecular complexity index is 524. The SMILES string of the molecule is I.NC(=N[C@@H]1C[C@H]1C1CC1)N1CCN(c2ncccn2)CC1. The van der Waals surface area contributed by atoms with Gasteiger partial charge in [0.25, 0.3) is 0 Å². The number of piperazine rings is 1. The maximum Gasteiger partial charge on any atom is 0.225 e. The van der Waals surface area contributed by atoms with Gasteiger partial charge in [-0.2, -0.15) is 0 Å². The normalized spacial score (nSPS) is 28.3. The second-order valence-electron chi connectivity index (χ2n) is 6.31. The molecule has 3 aliphatic rings. The van der Waals surface area contributed by atoms with Crippen molar-refractivity contribution in [1.82, 2.24) is 14.9 Å². The van der Waals surface area contributed by atoms with Crippen LogP contribution < -0.4 is 10.6 Å². The van der Waals surface area contributed by atoms with E-state index >= 15 is 0 Å². The average Bonchev–Trinajstić information content (AvgIpc) is 3.42. The van der Waals surface area contributed by atoms with Crippen molar-refractivity contribution < 1.29 is 0 Å². The molecule has 2 heterocycles. The second-order valence-corrected chi connectivity index (χ2v) is 6.31.